The first-order chi connectivity index (χ1) is 42.5. The molecule has 0 amide bonds. The van der Waals surface area contributed by atoms with Gasteiger partial charge in [0.2, 0.25) is 0 Å². The van der Waals surface area contributed by atoms with Gasteiger partial charge in [0.05, 0.1) is 13.2 Å². The monoisotopic (exact) mass is 1130 g/mol. The molecular weight excluding hydrogens is 1060 g/mol. The van der Waals surface area contributed by atoms with Crippen LogP contribution in [0.25, 0.3) is 156 Å². The Hall–Kier alpha value is -8.34. The summed E-state index contributed by atoms with van der Waals surface area (Å²) in [6, 6.07) is 39.1. The molecule has 1 atom stereocenters. The van der Waals surface area contributed by atoms with Gasteiger partial charge < -0.3 is 9.47 Å². The van der Waals surface area contributed by atoms with Gasteiger partial charge in [-0.1, -0.05) is 158 Å². The highest BCUT2D eigenvalue weighted by Crippen LogP contribution is 2.69. The van der Waals surface area contributed by atoms with E-state index in [1.807, 2.05) is 12.1 Å². The molecule has 17 aromatic rings. The lowest BCUT2D eigenvalue weighted by Crippen LogP contribution is -2.17. The van der Waals surface area contributed by atoms with E-state index in [4.69, 9.17) is 9.47 Å². The standard InChI is InChI=1S/C49H16.2C17H26O2/c1-3-19-20-4-2-13-10-21-22-11-18-9-17-8-16-7-15-6-14-5-12(1)23-30(19)39-31(20)24(13)38-33(21)40-32(22)27(18)37-29(17)36-26(16)25(15)35-28(14)34(23)41-46(39)45(38)49-47(40)44(37)42(36)43(35)48(41)49;2*1-4-5-14-19-16(18)12-9-13-17(2,3)15-10-7-6-8-11-15/h1-4,6,8-9,21H,5,7,10-11H2;2*6-8,10-11H,4-5,9,12-14H2,1-3H3. The highest BCUT2D eigenvalue weighted by atomic mass is 16.5. The molecular formula is C83H68O4. The molecule has 0 saturated carbocycles. The molecule has 0 heterocycles. The molecule has 87 heavy (non-hydrogen) atoms. The quantitative estimate of drug-likeness (QED) is 0.0419. The van der Waals surface area contributed by atoms with Crippen molar-refractivity contribution in [1.29, 1.82) is 0 Å². The summed E-state index contributed by atoms with van der Waals surface area (Å²) in [5.74, 6) is 0.393. The van der Waals surface area contributed by atoms with Crippen molar-refractivity contribution in [3.05, 3.63) is 158 Å². The third-order valence-corrected chi connectivity index (χ3v) is 23.4. The van der Waals surface area contributed by atoms with Crippen molar-refractivity contribution >= 4 is 168 Å². The number of benzene rings is 14. The molecule has 5 aliphatic rings. The van der Waals surface area contributed by atoms with Gasteiger partial charge in [-0.05, 0) is 287 Å². The third kappa shape index (κ3) is 5.94. The lowest BCUT2D eigenvalue weighted by molar-refractivity contribution is -0.144. The maximum absolute atomic E-state index is 11.5. The van der Waals surface area contributed by atoms with E-state index in [0.29, 0.717) is 32.0 Å². The Bertz CT molecular complexity index is 5730. The summed E-state index contributed by atoms with van der Waals surface area (Å²) in [7, 11) is 0. The topological polar surface area (TPSA) is 52.6 Å². The van der Waals surface area contributed by atoms with Crippen LogP contribution in [0.3, 0.4) is 0 Å². The first kappa shape index (κ1) is 49.7. The van der Waals surface area contributed by atoms with Gasteiger partial charge in [-0.25, -0.2) is 0 Å². The number of fused-ring (bicyclic) bond motifs is 2. The molecule has 17 aromatic carbocycles. The maximum Gasteiger partial charge on any atom is 0.305 e. The van der Waals surface area contributed by atoms with Gasteiger partial charge in [-0.2, -0.15) is 0 Å². The second-order valence-corrected chi connectivity index (χ2v) is 28.9. The van der Waals surface area contributed by atoms with E-state index in [1.165, 1.54) is 27.3 Å². The van der Waals surface area contributed by atoms with Gasteiger partial charge in [0.25, 0.3) is 0 Å². The Labute approximate surface area is 504 Å². The van der Waals surface area contributed by atoms with Crippen molar-refractivity contribution in [2.45, 2.75) is 148 Å². The molecule has 0 bridgehead atoms. The fourth-order valence-electron chi connectivity index (χ4n) is 19.8. The Kier molecular flexibility index (Phi) is 9.62. The molecule has 22 rings (SSSR count). The van der Waals surface area contributed by atoms with E-state index in [1.54, 1.807) is 184 Å². The zero-order valence-electron chi connectivity index (χ0n) is 50.8. The number of hydrogen-bond acceptors (Lipinski definition) is 4. The second-order valence-electron chi connectivity index (χ2n) is 28.9. The molecule has 4 nitrogen and oxygen atoms in total. The Morgan fingerprint density at radius 1 is 0.402 bits per heavy atom. The first-order valence-corrected chi connectivity index (χ1v) is 33.1. The zero-order chi connectivity index (χ0) is 58.0. The lowest BCUT2D eigenvalue weighted by Gasteiger charge is -2.28. The number of hydrogen-bond donors (Lipinski definition) is 0. The van der Waals surface area contributed by atoms with Gasteiger partial charge in [0.15, 0.2) is 0 Å². The highest BCUT2D eigenvalue weighted by molar-refractivity contribution is 6.67. The smallest absolute Gasteiger partial charge is 0.305 e. The number of esters is 2. The number of rotatable bonds is 16. The summed E-state index contributed by atoms with van der Waals surface area (Å²) < 4.78 is 10.3. The largest absolute Gasteiger partial charge is 0.466 e. The lowest BCUT2D eigenvalue weighted by atomic mass is 9.74. The van der Waals surface area contributed by atoms with Crippen LogP contribution < -0.4 is 5.22 Å². The fraction of sp³-hybridized carbons (Fsp3) is 0.301. The molecule has 1 unspecified atom stereocenters. The van der Waals surface area contributed by atoms with Gasteiger partial charge in [-0.3, -0.25) is 9.59 Å². The fourth-order valence-corrected chi connectivity index (χ4v) is 19.8. The normalized spacial score (nSPS) is 15.8. The van der Waals surface area contributed by atoms with E-state index in [-0.39, 0.29) is 22.8 Å². The van der Waals surface area contributed by atoms with Crippen molar-refractivity contribution in [3.8, 4) is 0 Å². The van der Waals surface area contributed by atoms with Crippen molar-refractivity contribution in [2.24, 2.45) is 0 Å². The summed E-state index contributed by atoms with van der Waals surface area (Å²) in [5.41, 5.74) is 15.9. The van der Waals surface area contributed by atoms with E-state index in [9.17, 15) is 9.59 Å². The second kappa shape index (κ2) is 16.8. The third-order valence-electron chi connectivity index (χ3n) is 23.4. The summed E-state index contributed by atoms with van der Waals surface area (Å²) in [4.78, 5) is 23.0. The minimum Gasteiger partial charge on any atom is -0.466 e. The van der Waals surface area contributed by atoms with Crippen LogP contribution in [0.15, 0.2) is 103 Å². The van der Waals surface area contributed by atoms with Crippen LogP contribution >= 0.6 is 0 Å². The van der Waals surface area contributed by atoms with Crippen LogP contribution in [0.1, 0.15) is 162 Å². The number of ether oxygens (including phenoxy) is 2. The van der Waals surface area contributed by atoms with E-state index < -0.39 is 0 Å². The molecule has 0 radical (unpaired) electrons. The molecule has 0 spiro atoms. The highest BCUT2D eigenvalue weighted by Gasteiger charge is 2.46. The Morgan fingerprint density at radius 2 is 0.816 bits per heavy atom. The van der Waals surface area contributed by atoms with Crippen molar-refractivity contribution < 1.29 is 19.1 Å². The average molecular weight is 1130 g/mol. The maximum atomic E-state index is 11.5. The molecule has 4 heteroatoms. The van der Waals surface area contributed by atoms with E-state index >= 15 is 0 Å². The Morgan fingerprint density at radius 3 is 1.37 bits per heavy atom. The van der Waals surface area contributed by atoms with Crippen LogP contribution in [0.5, 0.6) is 0 Å². The average Bonchev–Trinajstić information content (AvgIpc) is 1.45. The molecule has 0 aliphatic heterocycles. The number of unbranched alkanes of at least 4 members (excludes halogenated alkanes) is 2. The number of carbonyl (C=O) groups excluding carboxylic acids is 2. The van der Waals surface area contributed by atoms with Gasteiger partial charge >= 0.3 is 11.9 Å². The molecule has 5 aliphatic carbocycles. The summed E-state index contributed by atoms with van der Waals surface area (Å²) in [6.45, 7) is 14.2. The van der Waals surface area contributed by atoms with Crippen LogP contribution in [0.4, 0.5) is 0 Å². The number of carbonyl (C=O) groups is 2. The summed E-state index contributed by atoms with van der Waals surface area (Å²) >= 11 is 0. The molecule has 0 fully saturated rings. The van der Waals surface area contributed by atoms with Crippen molar-refractivity contribution in [3.63, 3.8) is 0 Å². The summed E-state index contributed by atoms with van der Waals surface area (Å²) in [6.07, 6.45) is 13.3. The van der Waals surface area contributed by atoms with E-state index in [2.05, 4.69) is 133 Å². The first-order valence-electron chi connectivity index (χ1n) is 33.1. The molecule has 0 aromatic heterocycles. The van der Waals surface area contributed by atoms with Gasteiger partial charge in [-0.15, -0.1) is 0 Å². The van der Waals surface area contributed by atoms with E-state index in [0.717, 1.165) is 77.0 Å². The molecule has 0 N–H and O–H groups in total. The minimum atomic E-state index is -0.0580. The SMILES string of the molecule is CCCCOC(=O)CCCC(C)(C)c1ccccc1.CCCCOC(=O)CCCC(C)(C)c1ccccc1.c1cc2c3ccc4c5c3c3c2c2c1CC1C6=c7c8c(cc9cc%10c%11c%12c(cc(c%13c5c5c3c3c2c1c7c1c2c8c9c%11c2c(c%12%13)c5c13)C4)C%10)C6. The Balaban J connectivity index is 0.000000119. The summed E-state index contributed by atoms with van der Waals surface area (Å²) in [5, 5.41) is 46.9. The van der Waals surface area contributed by atoms with Gasteiger partial charge in [0.1, 0.15) is 0 Å². The van der Waals surface area contributed by atoms with Crippen LogP contribution in [0, 0.1) is 0 Å². The minimum absolute atomic E-state index is 0.0580. The zero-order valence-corrected chi connectivity index (χ0v) is 50.8. The van der Waals surface area contributed by atoms with Crippen LogP contribution in [-0.4, -0.2) is 25.2 Å². The predicted octanol–water partition coefficient (Wildman–Crippen LogP) is 20.6. The van der Waals surface area contributed by atoms with Crippen LogP contribution in [-0.2, 0) is 55.6 Å². The van der Waals surface area contributed by atoms with Crippen LogP contribution in [0.2, 0.25) is 0 Å². The van der Waals surface area contributed by atoms with Crippen molar-refractivity contribution in [2.75, 3.05) is 13.2 Å². The molecule has 0 saturated heterocycles. The van der Waals surface area contributed by atoms with Crippen molar-refractivity contribution in [1.82, 2.24) is 0 Å². The molecule has 424 valence electrons. The predicted molar refractivity (Wildman–Crippen MR) is 365 cm³/mol. The van der Waals surface area contributed by atoms with Gasteiger partial charge in [0, 0.05) is 18.8 Å².